The Morgan fingerprint density at radius 1 is 0.932 bits per heavy atom. The maximum absolute atomic E-state index is 14.6. The lowest BCUT2D eigenvalue weighted by Crippen LogP contribution is -2.52. The standard InChI is InChI=1S/C56H58FN7O10/c1-35(2)52-51(55(71)58-40-13-4-3-5-14-40)50(53(37-18-20-39(57)21-19-37)63(52)25-24-42(65)31-43(66)32-49(68)69)38-11-6-16-44(30-38)74-28-9-15-41-33-62(61-60-41)26-29-73-27-8-12-36-10-7-17-45-46(36)34-64(56(45)72)47-22-23-48(67)59-54(47)70/h3-7,10-11,13-14,16-21,30,33,35,42-43,47,65-66H,9,15,22-29,31-32,34H2,1-2H3,(H,58,71)(H,68,69)(H,59,67,70). The highest BCUT2D eigenvalue weighted by molar-refractivity contribution is 6.12. The maximum atomic E-state index is 14.6. The Balaban J connectivity index is 0.915. The molecule has 6 aromatic rings. The number of nitrogens with zero attached hydrogens (tertiary/aromatic N) is 5. The van der Waals surface area contributed by atoms with Crippen LogP contribution in [0.2, 0.25) is 0 Å². The third-order valence-corrected chi connectivity index (χ3v) is 12.9. The first-order valence-corrected chi connectivity index (χ1v) is 24.7. The minimum Gasteiger partial charge on any atom is -0.494 e. The second kappa shape index (κ2) is 24.2. The van der Waals surface area contributed by atoms with Crippen LogP contribution in [0.1, 0.15) is 102 Å². The number of hydrogen-bond donors (Lipinski definition) is 5. The molecule has 8 rings (SSSR count). The van der Waals surface area contributed by atoms with E-state index in [0.29, 0.717) is 88.8 Å². The van der Waals surface area contributed by atoms with Crippen LogP contribution < -0.4 is 15.4 Å². The van der Waals surface area contributed by atoms with Crippen LogP contribution in [0, 0.1) is 17.7 Å². The maximum Gasteiger partial charge on any atom is 0.305 e. The molecule has 3 unspecified atom stereocenters. The highest BCUT2D eigenvalue weighted by Gasteiger charge is 2.40. The quantitative estimate of drug-likeness (QED) is 0.0271. The Bertz CT molecular complexity index is 3070. The fraction of sp³-hybridized carbons (Fsp3) is 0.339. The van der Waals surface area contributed by atoms with Gasteiger partial charge >= 0.3 is 5.97 Å². The number of benzene rings is 4. The van der Waals surface area contributed by atoms with Crippen LogP contribution in [0.15, 0.2) is 103 Å². The van der Waals surface area contributed by atoms with Crippen molar-refractivity contribution in [2.45, 2.75) is 103 Å². The van der Waals surface area contributed by atoms with Crippen molar-refractivity contribution in [3.05, 3.63) is 143 Å². The van der Waals surface area contributed by atoms with Gasteiger partial charge in [0.2, 0.25) is 11.8 Å². The van der Waals surface area contributed by atoms with E-state index >= 15 is 0 Å². The van der Waals surface area contributed by atoms with Crippen LogP contribution >= 0.6 is 0 Å². The second-order valence-electron chi connectivity index (χ2n) is 18.6. The number of nitrogens with one attached hydrogen (secondary N) is 2. The lowest BCUT2D eigenvalue weighted by Gasteiger charge is -2.29. The predicted octanol–water partition coefficient (Wildman–Crippen LogP) is 6.75. The molecular formula is C56H58FN7O10. The summed E-state index contributed by atoms with van der Waals surface area (Å²) in [6, 6.07) is 27.1. The van der Waals surface area contributed by atoms with E-state index in [1.165, 1.54) is 17.0 Å². The van der Waals surface area contributed by atoms with Crippen LogP contribution in [-0.2, 0) is 45.2 Å². The smallest absolute Gasteiger partial charge is 0.305 e. The van der Waals surface area contributed by atoms with Gasteiger partial charge in [-0.05, 0) is 115 Å². The Morgan fingerprint density at radius 2 is 1.72 bits per heavy atom. The number of carboxylic acids is 1. The van der Waals surface area contributed by atoms with Crippen molar-refractivity contribution in [1.82, 2.24) is 29.8 Å². The number of amides is 4. The third kappa shape index (κ3) is 12.8. The molecule has 3 atom stereocenters. The molecule has 384 valence electrons. The number of fused-ring (bicyclic) bond motifs is 1. The number of aliphatic hydroxyl groups excluding tert-OH is 2. The van der Waals surface area contributed by atoms with E-state index in [1.54, 1.807) is 41.1 Å². The summed E-state index contributed by atoms with van der Waals surface area (Å²) < 4.78 is 30.2. The first-order chi connectivity index (χ1) is 35.7. The molecule has 17 nitrogen and oxygen atoms in total. The molecule has 1 saturated heterocycles. The molecule has 4 amide bonds. The number of halogens is 1. The second-order valence-corrected chi connectivity index (χ2v) is 18.6. The van der Waals surface area contributed by atoms with Crippen molar-refractivity contribution < 1.29 is 53.2 Å². The molecule has 0 saturated carbocycles. The fourth-order valence-corrected chi connectivity index (χ4v) is 9.46. The Labute approximate surface area is 427 Å². The summed E-state index contributed by atoms with van der Waals surface area (Å²) in [6.45, 7) is 5.59. The number of imide groups is 1. The van der Waals surface area contributed by atoms with Crippen molar-refractivity contribution in [3.8, 4) is 40.0 Å². The van der Waals surface area contributed by atoms with E-state index in [9.17, 15) is 43.7 Å². The average molecular weight is 1010 g/mol. The van der Waals surface area contributed by atoms with Crippen LogP contribution in [0.5, 0.6) is 5.75 Å². The number of rotatable bonds is 22. The summed E-state index contributed by atoms with van der Waals surface area (Å²) in [7, 11) is 0. The molecule has 2 aliphatic rings. The number of piperidine rings is 1. The zero-order chi connectivity index (χ0) is 52.3. The zero-order valence-corrected chi connectivity index (χ0v) is 41.1. The number of aromatic nitrogens is 4. The molecule has 5 N–H and O–H groups in total. The lowest BCUT2D eigenvalue weighted by atomic mass is 9.94. The van der Waals surface area contributed by atoms with E-state index in [0.717, 1.165) is 11.3 Å². The van der Waals surface area contributed by atoms with Crippen molar-refractivity contribution in [2.24, 2.45) is 0 Å². The van der Waals surface area contributed by atoms with Gasteiger partial charge in [-0.15, -0.1) is 5.10 Å². The Kier molecular flexibility index (Phi) is 17.1. The van der Waals surface area contributed by atoms with Crippen LogP contribution in [0.25, 0.3) is 22.4 Å². The number of aliphatic carboxylic acids is 1. The molecule has 74 heavy (non-hydrogen) atoms. The number of para-hydroxylation sites is 1. The highest BCUT2D eigenvalue weighted by Crippen LogP contribution is 2.44. The number of aliphatic hydroxyl groups is 2. The number of carbonyl (C=O) groups excluding carboxylic acids is 4. The SMILES string of the molecule is CC(C)c1c(C(=O)Nc2ccccc2)c(-c2cccc(OCCCc3cn(CCOCC#Cc4cccc5c4CN(C4CCC(=O)NC4=O)C5=O)nn3)c2)c(-c2ccc(F)cc2)n1CCC(O)CC(O)CC(=O)O. The summed E-state index contributed by atoms with van der Waals surface area (Å²) >= 11 is 0. The third-order valence-electron chi connectivity index (χ3n) is 12.9. The zero-order valence-electron chi connectivity index (χ0n) is 41.1. The summed E-state index contributed by atoms with van der Waals surface area (Å²) in [5.74, 6) is 3.39. The highest BCUT2D eigenvalue weighted by atomic mass is 19.1. The Morgan fingerprint density at radius 3 is 2.47 bits per heavy atom. The van der Waals surface area contributed by atoms with Crippen molar-refractivity contribution in [3.63, 3.8) is 0 Å². The molecular weight excluding hydrogens is 950 g/mol. The van der Waals surface area contributed by atoms with Crippen LogP contribution in [-0.4, -0.2) is 107 Å². The topological polar surface area (TPSA) is 227 Å². The van der Waals surface area contributed by atoms with Crippen molar-refractivity contribution >= 4 is 35.3 Å². The summed E-state index contributed by atoms with van der Waals surface area (Å²) in [5.41, 5.74) is 6.79. The number of aryl methyl sites for hydroxylation is 1. The van der Waals surface area contributed by atoms with Crippen molar-refractivity contribution in [2.75, 3.05) is 25.1 Å². The van der Waals surface area contributed by atoms with Gasteiger partial charge in [-0.1, -0.05) is 67.3 Å². The van der Waals surface area contributed by atoms with Gasteiger partial charge in [0, 0.05) is 53.8 Å². The summed E-state index contributed by atoms with van der Waals surface area (Å²) in [6.07, 6.45) is 0.650. The summed E-state index contributed by atoms with van der Waals surface area (Å²) in [5, 5.41) is 44.5. The number of ether oxygens (including phenoxy) is 2. The molecule has 4 heterocycles. The minimum atomic E-state index is -1.25. The van der Waals surface area contributed by atoms with Crippen LogP contribution in [0.4, 0.5) is 10.1 Å². The average Bonchev–Trinajstić information content (AvgIpc) is 4.08. The van der Waals surface area contributed by atoms with Crippen LogP contribution in [0.3, 0.4) is 0 Å². The van der Waals surface area contributed by atoms with Gasteiger partial charge in [0.15, 0.2) is 0 Å². The fourth-order valence-electron chi connectivity index (χ4n) is 9.46. The molecule has 18 heteroatoms. The van der Waals surface area contributed by atoms with Gasteiger partial charge in [0.05, 0.1) is 55.3 Å². The molecule has 0 bridgehead atoms. The lowest BCUT2D eigenvalue weighted by molar-refractivity contribution is -0.140. The molecule has 0 spiro atoms. The van der Waals surface area contributed by atoms with E-state index in [-0.39, 0.29) is 69.0 Å². The number of carboxylic acid groups (broad SMARTS) is 1. The Hall–Kier alpha value is -7.98. The van der Waals surface area contributed by atoms with Gasteiger partial charge in [-0.25, -0.2) is 9.07 Å². The van der Waals surface area contributed by atoms with Gasteiger partial charge < -0.3 is 39.6 Å². The molecule has 1 fully saturated rings. The van der Waals surface area contributed by atoms with Gasteiger partial charge in [0.1, 0.15) is 24.2 Å². The van der Waals surface area contributed by atoms with Crippen molar-refractivity contribution in [1.29, 1.82) is 0 Å². The summed E-state index contributed by atoms with van der Waals surface area (Å²) in [4.78, 5) is 64.7. The molecule has 0 radical (unpaired) electrons. The first-order valence-electron chi connectivity index (χ1n) is 24.7. The molecule has 2 aromatic heterocycles. The van der Waals surface area contributed by atoms with Gasteiger partial charge in [0.25, 0.3) is 11.8 Å². The monoisotopic (exact) mass is 1010 g/mol. The molecule has 0 aliphatic carbocycles. The van der Waals surface area contributed by atoms with E-state index in [4.69, 9.17) is 9.47 Å². The molecule has 2 aliphatic heterocycles. The van der Waals surface area contributed by atoms with Gasteiger partial charge in [-0.3, -0.25) is 29.3 Å². The van der Waals surface area contributed by atoms with E-state index < -0.39 is 42.4 Å². The predicted molar refractivity (Wildman–Crippen MR) is 271 cm³/mol. The van der Waals surface area contributed by atoms with Gasteiger partial charge in [-0.2, -0.15) is 0 Å². The normalized spacial score (nSPS) is 15.1. The molecule has 4 aromatic carbocycles. The number of hydrogen-bond acceptors (Lipinski definition) is 11. The largest absolute Gasteiger partial charge is 0.494 e. The van der Waals surface area contributed by atoms with E-state index in [1.807, 2.05) is 73.1 Å². The first kappa shape index (κ1) is 52.3. The number of anilines is 1. The van der Waals surface area contributed by atoms with E-state index in [2.05, 4.69) is 32.8 Å². The minimum absolute atomic E-state index is 0.124. The number of carbonyl (C=O) groups is 5.